The highest BCUT2D eigenvalue weighted by Crippen LogP contribution is 2.43. The Morgan fingerprint density at radius 3 is 1.52 bits per heavy atom. The maximum atomic E-state index is 6.46. The van der Waals surface area contributed by atoms with Gasteiger partial charge in [0.25, 0.3) is 0 Å². The third kappa shape index (κ3) is 6.46. The average molecular weight is 805 g/mol. The second kappa shape index (κ2) is 15.3. The number of hydrogen-bond donors (Lipinski definition) is 0. The standard InChI is InChI=1S/C60H40N2O/c1-4-15-41(16-5-1)46-37-47(42-17-6-2-7-18-42)39-51(38-46)61(50-35-36-54-53-21-11-13-26-58(53)63-59(54)40-50)49-33-31-44(32-34-49)43-27-29-45(30-28-43)52-23-14-25-57-60(52)55-22-10-12-24-56(55)62(57)48-19-8-3-9-20-48/h1-40H. The van der Waals surface area contributed by atoms with Crippen molar-refractivity contribution in [2.45, 2.75) is 0 Å². The van der Waals surface area contributed by atoms with Crippen molar-refractivity contribution in [2.24, 2.45) is 0 Å². The highest BCUT2D eigenvalue weighted by Gasteiger charge is 2.19. The van der Waals surface area contributed by atoms with Crippen molar-refractivity contribution >= 4 is 60.8 Å². The molecule has 0 bridgehead atoms. The second-order valence-electron chi connectivity index (χ2n) is 16.1. The first kappa shape index (κ1) is 36.5. The van der Waals surface area contributed by atoms with Gasteiger partial charge in [0.1, 0.15) is 11.2 Å². The number of hydrogen-bond acceptors (Lipinski definition) is 2. The van der Waals surface area contributed by atoms with Crippen LogP contribution in [0.5, 0.6) is 0 Å². The molecule has 12 aromatic rings. The summed E-state index contributed by atoms with van der Waals surface area (Å²) in [4.78, 5) is 2.35. The lowest BCUT2D eigenvalue weighted by atomic mass is 9.96. The lowest BCUT2D eigenvalue weighted by molar-refractivity contribution is 0.669. The summed E-state index contributed by atoms with van der Waals surface area (Å²) in [5.74, 6) is 0. The number of rotatable bonds is 8. The van der Waals surface area contributed by atoms with E-state index in [0.717, 1.165) is 66.9 Å². The first-order valence-corrected chi connectivity index (χ1v) is 21.5. The Hall–Kier alpha value is -8.40. The number of para-hydroxylation sites is 3. The van der Waals surface area contributed by atoms with Crippen LogP contribution in [0.15, 0.2) is 247 Å². The molecular weight excluding hydrogens is 765 g/mol. The minimum atomic E-state index is 0.859. The van der Waals surface area contributed by atoms with Gasteiger partial charge in [-0.3, -0.25) is 0 Å². The summed E-state index contributed by atoms with van der Waals surface area (Å²) < 4.78 is 8.84. The molecule has 10 aromatic carbocycles. The van der Waals surface area contributed by atoms with Gasteiger partial charge >= 0.3 is 0 Å². The first-order valence-electron chi connectivity index (χ1n) is 21.5. The van der Waals surface area contributed by atoms with E-state index < -0.39 is 0 Å². The Morgan fingerprint density at radius 1 is 0.302 bits per heavy atom. The van der Waals surface area contributed by atoms with Gasteiger partial charge in [-0.05, 0) is 117 Å². The first-order chi connectivity index (χ1) is 31.2. The van der Waals surface area contributed by atoms with Gasteiger partial charge in [-0.2, -0.15) is 0 Å². The van der Waals surface area contributed by atoms with Gasteiger partial charge in [-0.25, -0.2) is 0 Å². The van der Waals surface area contributed by atoms with Crippen molar-refractivity contribution < 1.29 is 4.42 Å². The predicted octanol–water partition coefficient (Wildman–Crippen LogP) is 16.8. The summed E-state index contributed by atoms with van der Waals surface area (Å²) in [6.07, 6.45) is 0. The molecule has 0 aliphatic heterocycles. The second-order valence-corrected chi connectivity index (χ2v) is 16.1. The zero-order chi connectivity index (χ0) is 41.7. The summed E-state index contributed by atoms with van der Waals surface area (Å²) in [5.41, 5.74) is 17.8. The zero-order valence-corrected chi connectivity index (χ0v) is 34.4. The molecule has 0 atom stereocenters. The van der Waals surface area contributed by atoms with Gasteiger partial charge in [-0.15, -0.1) is 0 Å². The fraction of sp³-hybridized carbons (Fsp3) is 0. The highest BCUT2D eigenvalue weighted by molar-refractivity contribution is 6.16. The van der Waals surface area contributed by atoms with E-state index in [9.17, 15) is 0 Å². The van der Waals surface area contributed by atoms with Gasteiger partial charge < -0.3 is 13.9 Å². The fourth-order valence-electron chi connectivity index (χ4n) is 9.40. The number of aromatic nitrogens is 1. The smallest absolute Gasteiger partial charge is 0.137 e. The summed E-state index contributed by atoms with van der Waals surface area (Å²) in [6.45, 7) is 0. The van der Waals surface area contributed by atoms with Crippen molar-refractivity contribution in [3.8, 4) is 50.2 Å². The Bertz CT molecular complexity index is 3530. The lowest BCUT2D eigenvalue weighted by Crippen LogP contribution is -2.10. The maximum Gasteiger partial charge on any atom is 0.137 e. The number of anilines is 3. The molecule has 3 nitrogen and oxygen atoms in total. The van der Waals surface area contributed by atoms with Crippen LogP contribution in [-0.2, 0) is 0 Å². The van der Waals surface area contributed by atoms with E-state index >= 15 is 0 Å². The molecule has 12 rings (SSSR count). The van der Waals surface area contributed by atoms with Crippen LogP contribution < -0.4 is 4.90 Å². The van der Waals surface area contributed by atoms with Gasteiger partial charge in [0.15, 0.2) is 0 Å². The molecule has 0 amide bonds. The van der Waals surface area contributed by atoms with Gasteiger partial charge in [0.2, 0.25) is 0 Å². The van der Waals surface area contributed by atoms with Crippen molar-refractivity contribution in [2.75, 3.05) is 4.90 Å². The maximum absolute atomic E-state index is 6.46. The molecule has 0 aliphatic carbocycles. The van der Waals surface area contributed by atoms with E-state index in [1.54, 1.807) is 0 Å². The van der Waals surface area contributed by atoms with Crippen molar-refractivity contribution in [3.05, 3.63) is 243 Å². The summed E-state index contributed by atoms with van der Waals surface area (Å²) in [7, 11) is 0. The monoisotopic (exact) mass is 804 g/mol. The van der Waals surface area contributed by atoms with Gasteiger partial charge in [-0.1, -0.05) is 164 Å². The van der Waals surface area contributed by atoms with E-state index in [4.69, 9.17) is 4.42 Å². The number of furan rings is 1. The molecular formula is C60H40N2O. The summed E-state index contributed by atoms with van der Waals surface area (Å²) >= 11 is 0. The molecule has 0 N–H and O–H groups in total. The van der Waals surface area contributed by atoms with E-state index in [1.807, 2.05) is 12.1 Å². The number of fused-ring (bicyclic) bond motifs is 6. The molecule has 63 heavy (non-hydrogen) atoms. The summed E-state index contributed by atoms with van der Waals surface area (Å²) in [6, 6.07) is 87.1. The van der Waals surface area contributed by atoms with Crippen molar-refractivity contribution in [1.29, 1.82) is 0 Å². The van der Waals surface area contributed by atoms with E-state index in [2.05, 4.69) is 240 Å². The minimum Gasteiger partial charge on any atom is -0.456 e. The molecule has 0 unspecified atom stereocenters. The predicted molar refractivity (Wildman–Crippen MR) is 264 cm³/mol. The third-order valence-electron chi connectivity index (χ3n) is 12.4. The van der Waals surface area contributed by atoms with Gasteiger partial charge in [0, 0.05) is 50.4 Å². The topological polar surface area (TPSA) is 21.3 Å². The molecule has 0 radical (unpaired) electrons. The highest BCUT2D eigenvalue weighted by atomic mass is 16.3. The third-order valence-corrected chi connectivity index (χ3v) is 12.4. The molecule has 0 fully saturated rings. The SMILES string of the molecule is c1ccc(-c2cc(-c3ccccc3)cc(N(c3ccc(-c4ccc(-c5cccc6c5c5ccccc5n6-c5ccccc5)cc4)cc3)c3ccc4c(c3)oc3ccccc34)c2)cc1. The van der Waals surface area contributed by atoms with Crippen LogP contribution in [0.1, 0.15) is 0 Å². The van der Waals surface area contributed by atoms with Crippen molar-refractivity contribution in [1.82, 2.24) is 4.57 Å². The molecule has 0 spiro atoms. The molecule has 0 aliphatic rings. The molecule has 0 saturated heterocycles. The molecule has 0 saturated carbocycles. The molecule has 2 aromatic heterocycles. The Balaban J connectivity index is 0.954. The van der Waals surface area contributed by atoms with E-state index in [1.165, 1.54) is 44.1 Å². The Morgan fingerprint density at radius 2 is 0.825 bits per heavy atom. The normalized spacial score (nSPS) is 11.5. The number of benzene rings is 10. The molecule has 296 valence electrons. The van der Waals surface area contributed by atoms with Crippen LogP contribution in [0.3, 0.4) is 0 Å². The zero-order valence-electron chi connectivity index (χ0n) is 34.4. The lowest BCUT2D eigenvalue weighted by Gasteiger charge is -2.27. The van der Waals surface area contributed by atoms with Crippen LogP contribution in [0.2, 0.25) is 0 Å². The quantitative estimate of drug-likeness (QED) is 0.153. The van der Waals surface area contributed by atoms with Crippen LogP contribution in [0.25, 0.3) is 93.9 Å². The average Bonchev–Trinajstić information content (AvgIpc) is 3.91. The minimum absolute atomic E-state index is 0.859. The fourth-order valence-corrected chi connectivity index (χ4v) is 9.40. The Labute approximate surface area is 366 Å². The van der Waals surface area contributed by atoms with Crippen LogP contribution in [-0.4, -0.2) is 4.57 Å². The van der Waals surface area contributed by atoms with Crippen LogP contribution in [0, 0.1) is 0 Å². The number of nitrogens with zero attached hydrogens (tertiary/aromatic N) is 2. The van der Waals surface area contributed by atoms with E-state index in [-0.39, 0.29) is 0 Å². The summed E-state index contributed by atoms with van der Waals surface area (Å²) in [5, 5.41) is 4.74. The largest absolute Gasteiger partial charge is 0.456 e. The van der Waals surface area contributed by atoms with E-state index in [0.29, 0.717) is 0 Å². The van der Waals surface area contributed by atoms with Gasteiger partial charge in [0.05, 0.1) is 11.0 Å². The molecule has 2 heterocycles. The van der Waals surface area contributed by atoms with Crippen molar-refractivity contribution in [3.63, 3.8) is 0 Å². The van der Waals surface area contributed by atoms with Crippen LogP contribution in [0.4, 0.5) is 17.1 Å². The molecule has 3 heteroatoms. The Kier molecular flexibility index (Phi) is 8.83. The van der Waals surface area contributed by atoms with Crippen LogP contribution >= 0.6 is 0 Å².